The molecule has 2 heterocycles. The van der Waals surface area contributed by atoms with Gasteiger partial charge in [0.25, 0.3) is 0 Å². The lowest BCUT2D eigenvalue weighted by atomic mass is 9.87. The maximum absolute atomic E-state index is 10.6. The van der Waals surface area contributed by atoms with Crippen LogP contribution in [0.25, 0.3) is 0 Å². The molecule has 2 rings (SSSR count). The smallest absolute Gasteiger partial charge is 0.327 e. The van der Waals surface area contributed by atoms with Crippen LogP contribution < -0.4 is 0 Å². The standard InChI is InChI=1S/C30H46O5/c1-5-7-9-13-20-29(19-8-6-2)22-23-30(35-29)21-18-25(4)27(34-30)15-12-10-11-14-26(31)24(3)16-17-28(32)33/h5,7,9-14,16-17,24-27,31H,6,8,15,18-23H2,1-4H3,(H,32,33)/b7-5+,12-10+,13-9+,14-11+,17-16+. The van der Waals surface area contributed by atoms with E-state index in [1.165, 1.54) is 18.9 Å². The zero-order valence-electron chi connectivity index (χ0n) is 22.1. The van der Waals surface area contributed by atoms with E-state index in [0.717, 1.165) is 51.0 Å². The second kappa shape index (κ2) is 14.6. The van der Waals surface area contributed by atoms with Crippen molar-refractivity contribution in [2.45, 2.75) is 109 Å². The fourth-order valence-corrected chi connectivity index (χ4v) is 4.92. The molecule has 2 saturated heterocycles. The molecule has 35 heavy (non-hydrogen) atoms. The second-order valence-electron chi connectivity index (χ2n) is 10.2. The molecule has 0 amide bonds. The fourth-order valence-electron chi connectivity index (χ4n) is 4.92. The minimum atomic E-state index is -1.01. The molecule has 6 atom stereocenters. The summed E-state index contributed by atoms with van der Waals surface area (Å²) in [7, 11) is 0. The summed E-state index contributed by atoms with van der Waals surface area (Å²) in [5.41, 5.74) is -0.125. The van der Waals surface area contributed by atoms with Crippen LogP contribution in [0.3, 0.4) is 0 Å². The highest BCUT2D eigenvalue weighted by Crippen LogP contribution is 2.50. The monoisotopic (exact) mass is 486 g/mol. The van der Waals surface area contributed by atoms with E-state index in [-0.39, 0.29) is 17.6 Å². The van der Waals surface area contributed by atoms with Crippen LogP contribution in [0.15, 0.2) is 60.8 Å². The van der Waals surface area contributed by atoms with E-state index >= 15 is 0 Å². The lowest BCUT2D eigenvalue weighted by Crippen LogP contribution is -2.46. The Bertz CT molecular complexity index is 795. The van der Waals surface area contributed by atoms with Gasteiger partial charge in [-0.1, -0.05) is 88.3 Å². The molecule has 0 bridgehead atoms. The van der Waals surface area contributed by atoms with Crippen LogP contribution in [0.5, 0.6) is 0 Å². The van der Waals surface area contributed by atoms with Gasteiger partial charge in [-0.25, -0.2) is 4.79 Å². The predicted octanol–water partition coefficient (Wildman–Crippen LogP) is 6.90. The summed E-state index contributed by atoms with van der Waals surface area (Å²) >= 11 is 0. The molecule has 1 spiro atoms. The highest BCUT2D eigenvalue weighted by atomic mass is 16.7. The number of aliphatic hydroxyl groups is 1. The number of ether oxygens (including phenoxy) is 2. The first kappa shape index (κ1) is 29.3. The first-order valence-corrected chi connectivity index (χ1v) is 13.3. The van der Waals surface area contributed by atoms with E-state index in [9.17, 15) is 9.90 Å². The molecule has 2 N–H and O–H groups in total. The zero-order chi connectivity index (χ0) is 25.7. The molecule has 5 nitrogen and oxygen atoms in total. The van der Waals surface area contributed by atoms with Gasteiger partial charge in [0.2, 0.25) is 0 Å². The lowest BCUT2D eigenvalue weighted by Gasteiger charge is -2.43. The number of allylic oxidation sites excluding steroid dienone is 5. The molecule has 0 aromatic heterocycles. The van der Waals surface area contributed by atoms with Crippen LogP contribution in [0.4, 0.5) is 0 Å². The van der Waals surface area contributed by atoms with E-state index < -0.39 is 17.9 Å². The van der Waals surface area contributed by atoms with Gasteiger partial charge in [0.15, 0.2) is 5.79 Å². The van der Waals surface area contributed by atoms with Crippen molar-refractivity contribution >= 4 is 5.97 Å². The molecule has 6 unspecified atom stereocenters. The Hall–Kier alpha value is -1.95. The van der Waals surface area contributed by atoms with Crippen LogP contribution in [0.1, 0.15) is 85.5 Å². The topological polar surface area (TPSA) is 76.0 Å². The van der Waals surface area contributed by atoms with Crippen molar-refractivity contribution in [1.29, 1.82) is 0 Å². The van der Waals surface area contributed by atoms with Crippen molar-refractivity contribution in [3.05, 3.63) is 60.8 Å². The van der Waals surface area contributed by atoms with Gasteiger partial charge in [-0.05, 0) is 44.9 Å². The molecule has 0 aliphatic carbocycles. The van der Waals surface area contributed by atoms with Crippen molar-refractivity contribution in [1.82, 2.24) is 0 Å². The van der Waals surface area contributed by atoms with E-state index in [1.807, 2.05) is 25.2 Å². The molecule has 0 saturated carbocycles. The van der Waals surface area contributed by atoms with Crippen LogP contribution in [0, 0.1) is 11.8 Å². The third-order valence-electron chi connectivity index (χ3n) is 7.27. The minimum absolute atomic E-state index is 0.108. The number of carbonyl (C=O) groups is 1. The Balaban J connectivity index is 1.95. The number of hydrogen-bond donors (Lipinski definition) is 2. The molecule has 5 heteroatoms. The highest BCUT2D eigenvalue weighted by Gasteiger charge is 2.52. The zero-order valence-corrected chi connectivity index (χ0v) is 22.1. The molecular formula is C30H46O5. The van der Waals surface area contributed by atoms with Gasteiger partial charge in [0.05, 0.1) is 17.8 Å². The Morgan fingerprint density at radius 1 is 1.11 bits per heavy atom. The average Bonchev–Trinajstić information content (AvgIpc) is 3.19. The summed E-state index contributed by atoms with van der Waals surface area (Å²) in [5.74, 6) is -1.28. The number of hydrogen-bond acceptors (Lipinski definition) is 4. The Labute approximate surface area is 212 Å². The molecular weight excluding hydrogens is 440 g/mol. The number of carboxylic acid groups (broad SMARTS) is 1. The van der Waals surface area contributed by atoms with Crippen LogP contribution in [-0.2, 0) is 14.3 Å². The number of aliphatic carboxylic acids is 1. The SMILES string of the molecule is C/C=C/C=C/CC1(CCCC)CCC2(CCC(C)C(C/C=C/C=C/C(O)C(C)/C=C/C(=O)O)O2)O1. The van der Waals surface area contributed by atoms with Gasteiger partial charge in [-0.15, -0.1) is 0 Å². The number of unbranched alkanes of at least 4 members (excludes halogenated alkanes) is 1. The third kappa shape index (κ3) is 9.55. The lowest BCUT2D eigenvalue weighted by molar-refractivity contribution is -0.298. The molecule has 0 aromatic rings. The first-order chi connectivity index (χ1) is 16.7. The van der Waals surface area contributed by atoms with Crippen LogP contribution in [0.2, 0.25) is 0 Å². The average molecular weight is 487 g/mol. The Kier molecular flexibility index (Phi) is 12.2. The Morgan fingerprint density at radius 2 is 1.89 bits per heavy atom. The fraction of sp³-hybridized carbons (Fsp3) is 0.633. The van der Waals surface area contributed by atoms with E-state index in [1.54, 1.807) is 13.0 Å². The summed E-state index contributed by atoms with van der Waals surface area (Å²) in [6.07, 6.45) is 27.1. The van der Waals surface area contributed by atoms with Crippen molar-refractivity contribution in [2.75, 3.05) is 0 Å². The maximum Gasteiger partial charge on any atom is 0.327 e. The molecule has 0 radical (unpaired) electrons. The summed E-state index contributed by atoms with van der Waals surface area (Å²) in [6.45, 7) is 8.30. The number of carboxylic acids is 1. The largest absolute Gasteiger partial charge is 0.478 e. The second-order valence-corrected chi connectivity index (χ2v) is 10.2. The van der Waals surface area contributed by atoms with Crippen molar-refractivity contribution in [3.63, 3.8) is 0 Å². The summed E-state index contributed by atoms with van der Waals surface area (Å²) in [4.78, 5) is 10.6. The summed E-state index contributed by atoms with van der Waals surface area (Å²) in [6, 6.07) is 0. The first-order valence-electron chi connectivity index (χ1n) is 13.3. The van der Waals surface area contributed by atoms with Crippen molar-refractivity contribution < 1.29 is 24.5 Å². The van der Waals surface area contributed by atoms with Gasteiger partial charge in [0, 0.05) is 24.8 Å². The molecule has 2 aliphatic rings. The van der Waals surface area contributed by atoms with E-state index in [4.69, 9.17) is 14.6 Å². The summed E-state index contributed by atoms with van der Waals surface area (Å²) < 4.78 is 13.5. The molecule has 2 aliphatic heterocycles. The van der Waals surface area contributed by atoms with Crippen LogP contribution in [-0.4, -0.2) is 39.8 Å². The minimum Gasteiger partial charge on any atom is -0.478 e. The van der Waals surface area contributed by atoms with Crippen LogP contribution >= 0.6 is 0 Å². The highest BCUT2D eigenvalue weighted by molar-refractivity contribution is 5.79. The van der Waals surface area contributed by atoms with Gasteiger partial charge in [0.1, 0.15) is 0 Å². The molecule has 196 valence electrons. The van der Waals surface area contributed by atoms with E-state index in [0.29, 0.717) is 5.92 Å². The van der Waals surface area contributed by atoms with E-state index in [2.05, 4.69) is 38.2 Å². The third-order valence-corrected chi connectivity index (χ3v) is 7.27. The van der Waals surface area contributed by atoms with Gasteiger partial charge in [-0.2, -0.15) is 0 Å². The van der Waals surface area contributed by atoms with Gasteiger partial charge >= 0.3 is 5.97 Å². The number of rotatable bonds is 13. The van der Waals surface area contributed by atoms with Crippen molar-refractivity contribution in [3.8, 4) is 0 Å². The van der Waals surface area contributed by atoms with Crippen molar-refractivity contribution in [2.24, 2.45) is 11.8 Å². The predicted molar refractivity (Wildman–Crippen MR) is 142 cm³/mol. The van der Waals surface area contributed by atoms with Gasteiger partial charge < -0.3 is 19.7 Å². The maximum atomic E-state index is 10.6. The normalized spacial score (nSPS) is 31.7. The Morgan fingerprint density at radius 3 is 2.60 bits per heavy atom. The quantitative estimate of drug-likeness (QED) is 0.219. The molecule has 2 fully saturated rings. The number of aliphatic hydroxyl groups excluding tert-OH is 1. The van der Waals surface area contributed by atoms with Gasteiger partial charge in [-0.3, -0.25) is 0 Å². The summed E-state index contributed by atoms with van der Waals surface area (Å²) in [5, 5.41) is 18.9. The molecule has 0 aromatic carbocycles.